The first-order valence-corrected chi connectivity index (χ1v) is 10.5. The van der Waals surface area contributed by atoms with Gasteiger partial charge in [-0.3, -0.25) is 9.79 Å². The number of rotatable bonds is 12. The van der Waals surface area contributed by atoms with Gasteiger partial charge in [-0.05, 0) is 56.2 Å². The highest BCUT2D eigenvalue weighted by Gasteiger charge is 2.23. The quantitative estimate of drug-likeness (QED) is 0.379. The lowest BCUT2D eigenvalue weighted by Gasteiger charge is -2.15. The molecule has 0 heterocycles. The van der Waals surface area contributed by atoms with Crippen LogP contribution in [0.15, 0.2) is 29.3 Å². The Morgan fingerprint density at radius 1 is 1.21 bits per heavy atom. The molecule has 0 aromatic heterocycles. The molecule has 6 heteroatoms. The van der Waals surface area contributed by atoms with Crippen molar-refractivity contribution in [3.8, 4) is 5.75 Å². The zero-order chi connectivity index (χ0) is 20.4. The van der Waals surface area contributed by atoms with Crippen LogP contribution < -0.4 is 21.1 Å². The van der Waals surface area contributed by atoms with Gasteiger partial charge in [0.1, 0.15) is 5.75 Å². The zero-order valence-corrected chi connectivity index (χ0v) is 17.5. The van der Waals surface area contributed by atoms with E-state index in [9.17, 15) is 4.79 Å². The van der Waals surface area contributed by atoms with Crippen LogP contribution >= 0.6 is 0 Å². The molecular formula is C22H36N4O2. The summed E-state index contributed by atoms with van der Waals surface area (Å²) in [5, 5.41) is 6.17. The number of nitrogens with zero attached hydrogens (tertiary/aromatic N) is 1. The number of ether oxygens (including phenoxy) is 1. The molecule has 0 bridgehead atoms. The minimum absolute atomic E-state index is 0.0534. The minimum Gasteiger partial charge on any atom is -0.484 e. The monoisotopic (exact) mass is 388 g/mol. The van der Waals surface area contributed by atoms with Crippen molar-refractivity contribution in [2.45, 2.75) is 71.4 Å². The van der Waals surface area contributed by atoms with Crippen molar-refractivity contribution in [3.05, 3.63) is 29.8 Å². The maximum atomic E-state index is 11.6. The molecule has 0 saturated heterocycles. The minimum atomic E-state index is -0.0534. The van der Waals surface area contributed by atoms with Crippen LogP contribution in [0.3, 0.4) is 0 Å². The molecule has 1 aromatic rings. The van der Waals surface area contributed by atoms with Gasteiger partial charge in [0.15, 0.2) is 12.6 Å². The van der Waals surface area contributed by atoms with E-state index in [1.807, 2.05) is 24.3 Å². The number of guanidine groups is 1. The maximum absolute atomic E-state index is 11.6. The van der Waals surface area contributed by atoms with Crippen LogP contribution in [0.5, 0.6) is 5.75 Å². The van der Waals surface area contributed by atoms with Gasteiger partial charge in [-0.15, -0.1) is 0 Å². The van der Waals surface area contributed by atoms with Crippen LogP contribution in [0.1, 0.15) is 58.4 Å². The summed E-state index contributed by atoms with van der Waals surface area (Å²) in [6.07, 6.45) is 6.53. The Morgan fingerprint density at radius 2 is 1.93 bits per heavy atom. The number of hydrogen-bond donors (Lipinski definition) is 3. The molecule has 0 radical (unpaired) electrons. The molecule has 1 saturated carbocycles. The first-order valence-electron chi connectivity index (χ1n) is 10.5. The largest absolute Gasteiger partial charge is 0.484 e. The van der Waals surface area contributed by atoms with Gasteiger partial charge in [-0.25, -0.2) is 0 Å². The zero-order valence-electron chi connectivity index (χ0n) is 17.5. The van der Waals surface area contributed by atoms with Crippen molar-refractivity contribution in [2.75, 3.05) is 13.2 Å². The molecule has 1 amide bonds. The second-order valence-electron chi connectivity index (χ2n) is 8.16. The van der Waals surface area contributed by atoms with E-state index in [0.717, 1.165) is 37.2 Å². The standard InChI is InChI=1S/C22H36N4O2/c1-16(2)5-4-6-17(3)25-22(23)24-14-13-18-7-11-20(12-8-18)28-15-21(27)26-19-9-10-19/h7-8,11-12,16-17,19H,4-6,9-10,13-15H2,1-3H3,(H,26,27)(H3,23,24,25). The van der Waals surface area contributed by atoms with Gasteiger partial charge >= 0.3 is 0 Å². The molecular weight excluding hydrogens is 352 g/mol. The molecule has 0 spiro atoms. The van der Waals surface area contributed by atoms with E-state index in [0.29, 0.717) is 30.3 Å². The third kappa shape index (κ3) is 9.62. The highest BCUT2D eigenvalue weighted by molar-refractivity contribution is 5.78. The summed E-state index contributed by atoms with van der Waals surface area (Å²) in [6, 6.07) is 8.49. The fraction of sp³-hybridized carbons (Fsp3) is 0.636. The fourth-order valence-electron chi connectivity index (χ4n) is 2.91. The maximum Gasteiger partial charge on any atom is 0.258 e. The number of nitrogens with one attached hydrogen (secondary N) is 2. The average Bonchev–Trinajstić information content (AvgIpc) is 3.44. The van der Waals surface area contributed by atoms with Crippen molar-refractivity contribution in [1.82, 2.24) is 10.6 Å². The number of nitrogens with two attached hydrogens (primary N) is 1. The van der Waals surface area contributed by atoms with Crippen molar-refractivity contribution in [3.63, 3.8) is 0 Å². The van der Waals surface area contributed by atoms with E-state index in [-0.39, 0.29) is 12.5 Å². The van der Waals surface area contributed by atoms with Crippen LogP contribution in [0.2, 0.25) is 0 Å². The normalized spacial score (nSPS) is 15.4. The van der Waals surface area contributed by atoms with E-state index < -0.39 is 0 Å². The summed E-state index contributed by atoms with van der Waals surface area (Å²) in [4.78, 5) is 16.1. The summed E-state index contributed by atoms with van der Waals surface area (Å²) in [5.74, 6) is 1.91. The van der Waals surface area contributed by atoms with Gasteiger partial charge in [0, 0.05) is 18.6 Å². The number of hydrogen-bond acceptors (Lipinski definition) is 3. The van der Waals surface area contributed by atoms with Crippen LogP contribution in [0.4, 0.5) is 0 Å². The highest BCUT2D eigenvalue weighted by atomic mass is 16.5. The Bertz CT molecular complexity index is 624. The number of benzene rings is 1. The third-order valence-corrected chi connectivity index (χ3v) is 4.73. The topological polar surface area (TPSA) is 88.7 Å². The number of carbonyl (C=O) groups is 1. The van der Waals surface area contributed by atoms with E-state index in [2.05, 4.69) is 36.4 Å². The first kappa shape index (κ1) is 22.1. The molecule has 1 aliphatic carbocycles. The van der Waals surface area contributed by atoms with Gasteiger partial charge in [-0.1, -0.05) is 38.8 Å². The van der Waals surface area contributed by atoms with E-state index in [1.165, 1.54) is 12.8 Å². The second kappa shape index (κ2) is 11.6. The van der Waals surface area contributed by atoms with Crippen LogP contribution in [-0.2, 0) is 11.2 Å². The summed E-state index contributed by atoms with van der Waals surface area (Å²) in [6.45, 7) is 7.35. The molecule has 1 fully saturated rings. The summed E-state index contributed by atoms with van der Waals surface area (Å²) in [5.41, 5.74) is 7.15. The smallest absolute Gasteiger partial charge is 0.258 e. The molecule has 156 valence electrons. The van der Waals surface area contributed by atoms with Gasteiger partial charge in [0.25, 0.3) is 5.91 Å². The molecule has 1 aliphatic rings. The van der Waals surface area contributed by atoms with Crippen LogP contribution in [0, 0.1) is 5.92 Å². The molecule has 1 unspecified atom stereocenters. The van der Waals surface area contributed by atoms with Crippen LogP contribution in [-0.4, -0.2) is 37.1 Å². The Labute approximate surface area is 169 Å². The van der Waals surface area contributed by atoms with E-state index >= 15 is 0 Å². The van der Waals surface area contributed by atoms with Crippen LogP contribution in [0.25, 0.3) is 0 Å². The summed E-state index contributed by atoms with van der Waals surface area (Å²) >= 11 is 0. The predicted molar refractivity (Wildman–Crippen MR) is 115 cm³/mol. The molecule has 4 N–H and O–H groups in total. The summed E-state index contributed by atoms with van der Waals surface area (Å²) < 4.78 is 5.52. The van der Waals surface area contributed by atoms with Crippen molar-refractivity contribution in [2.24, 2.45) is 16.6 Å². The molecule has 6 nitrogen and oxygen atoms in total. The lowest BCUT2D eigenvalue weighted by molar-refractivity contribution is -0.123. The lowest BCUT2D eigenvalue weighted by atomic mass is 10.0. The van der Waals surface area contributed by atoms with E-state index in [4.69, 9.17) is 10.5 Å². The van der Waals surface area contributed by atoms with E-state index in [1.54, 1.807) is 0 Å². The Hall–Kier alpha value is -2.24. The SMILES string of the molecule is CC(C)CCCC(C)NC(N)=NCCc1ccc(OCC(=O)NC2CC2)cc1. The van der Waals surface area contributed by atoms with Gasteiger partial charge in [0.2, 0.25) is 0 Å². The average molecular weight is 389 g/mol. The predicted octanol–water partition coefficient (Wildman–Crippen LogP) is 3.01. The molecule has 28 heavy (non-hydrogen) atoms. The Kier molecular flexibility index (Phi) is 9.11. The molecule has 0 aliphatic heterocycles. The number of aliphatic imine (C=N–C) groups is 1. The van der Waals surface area contributed by atoms with Gasteiger partial charge in [-0.2, -0.15) is 0 Å². The lowest BCUT2D eigenvalue weighted by Crippen LogP contribution is -2.38. The number of amides is 1. The highest BCUT2D eigenvalue weighted by Crippen LogP contribution is 2.18. The third-order valence-electron chi connectivity index (χ3n) is 4.73. The fourth-order valence-corrected chi connectivity index (χ4v) is 2.91. The van der Waals surface area contributed by atoms with Gasteiger partial charge in [0.05, 0.1) is 0 Å². The second-order valence-corrected chi connectivity index (χ2v) is 8.16. The molecule has 1 aromatic carbocycles. The summed E-state index contributed by atoms with van der Waals surface area (Å²) in [7, 11) is 0. The first-order chi connectivity index (χ1) is 13.4. The Balaban J connectivity index is 1.63. The van der Waals surface area contributed by atoms with Crippen molar-refractivity contribution in [1.29, 1.82) is 0 Å². The van der Waals surface area contributed by atoms with Crippen molar-refractivity contribution < 1.29 is 9.53 Å². The van der Waals surface area contributed by atoms with Crippen molar-refractivity contribution >= 4 is 11.9 Å². The molecule has 2 rings (SSSR count). The molecule has 1 atom stereocenters. The Morgan fingerprint density at radius 3 is 2.57 bits per heavy atom. The number of carbonyl (C=O) groups excluding carboxylic acids is 1. The van der Waals surface area contributed by atoms with Gasteiger partial charge < -0.3 is 21.1 Å².